The summed E-state index contributed by atoms with van der Waals surface area (Å²) in [6.07, 6.45) is 3.24. The summed E-state index contributed by atoms with van der Waals surface area (Å²) < 4.78 is 43.9. The summed E-state index contributed by atoms with van der Waals surface area (Å²) in [5.41, 5.74) is 0.783. The highest BCUT2D eigenvalue weighted by atomic mass is 19.4. The molecule has 4 rings (SSSR count). The Kier molecular flexibility index (Phi) is 5.44. The van der Waals surface area contributed by atoms with E-state index in [9.17, 15) is 18.0 Å². The van der Waals surface area contributed by atoms with Gasteiger partial charge in [-0.15, -0.1) is 13.2 Å². The summed E-state index contributed by atoms with van der Waals surface area (Å²) in [4.78, 5) is 26.1. The molecular weight excluding hydrogens is 397 g/mol. The molecule has 3 aromatic rings. The Balaban J connectivity index is 1.85. The van der Waals surface area contributed by atoms with E-state index in [0.29, 0.717) is 22.4 Å². The second kappa shape index (κ2) is 8.04. The molecule has 3 heterocycles. The summed E-state index contributed by atoms with van der Waals surface area (Å²) in [6, 6.07) is 4.37. The SMILES string of the molecule is Cc1ncc2cc(C3CCCCC3)c(=O)n(Cc3ncccc3OC(F)(F)F)c2n1. The molecule has 6 nitrogen and oxygen atoms in total. The summed E-state index contributed by atoms with van der Waals surface area (Å²) >= 11 is 0. The van der Waals surface area contributed by atoms with Crippen LogP contribution in [0, 0.1) is 6.92 Å². The fourth-order valence-corrected chi connectivity index (χ4v) is 4.03. The Labute approximate surface area is 170 Å². The Morgan fingerprint density at radius 1 is 1.20 bits per heavy atom. The van der Waals surface area contributed by atoms with E-state index in [2.05, 4.69) is 19.7 Å². The highest BCUT2D eigenvalue weighted by molar-refractivity contribution is 5.75. The van der Waals surface area contributed by atoms with E-state index >= 15 is 0 Å². The summed E-state index contributed by atoms with van der Waals surface area (Å²) in [5.74, 6) is 0.158. The molecule has 1 saturated carbocycles. The second-order valence-electron chi connectivity index (χ2n) is 7.52. The molecule has 9 heteroatoms. The minimum Gasteiger partial charge on any atom is -0.404 e. The van der Waals surface area contributed by atoms with Crippen molar-refractivity contribution in [2.24, 2.45) is 0 Å². The van der Waals surface area contributed by atoms with Crippen molar-refractivity contribution in [1.82, 2.24) is 19.5 Å². The Morgan fingerprint density at radius 3 is 2.70 bits per heavy atom. The minimum atomic E-state index is -4.85. The molecule has 0 radical (unpaired) electrons. The van der Waals surface area contributed by atoms with Gasteiger partial charge in [0.1, 0.15) is 17.2 Å². The largest absolute Gasteiger partial charge is 0.573 e. The lowest BCUT2D eigenvalue weighted by Gasteiger charge is -2.23. The fraction of sp³-hybridized carbons (Fsp3) is 0.429. The minimum absolute atomic E-state index is 0.00952. The van der Waals surface area contributed by atoms with Crippen molar-refractivity contribution >= 4 is 11.0 Å². The molecule has 0 saturated heterocycles. The van der Waals surface area contributed by atoms with Crippen LogP contribution < -0.4 is 10.3 Å². The van der Waals surface area contributed by atoms with Gasteiger partial charge in [0.25, 0.3) is 5.56 Å². The first-order chi connectivity index (χ1) is 14.3. The van der Waals surface area contributed by atoms with Gasteiger partial charge in [-0.2, -0.15) is 0 Å². The zero-order valence-electron chi connectivity index (χ0n) is 16.4. The molecule has 0 aliphatic heterocycles. The molecule has 0 bridgehead atoms. The molecule has 0 aromatic carbocycles. The Hall–Kier alpha value is -2.97. The van der Waals surface area contributed by atoms with Crippen molar-refractivity contribution in [3.05, 3.63) is 58.0 Å². The number of aromatic nitrogens is 4. The Bertz CT molecular complexity index is 1120. The van der Waals surface area contributed by atoms with E-state index in [1.54, 1.807) is 13.1 Å². The third-order valence-corrected chi connectivity index (χ3v) is 5.40. The van der Waals surface area contributed by atoms with Crippen molar-refractivity contribution in [3.8, 4) is 5.75 Å². The quantitative estimate of drug-likeness (QED) is 0.624. The van der Waals surface area contributed by atoms with Crippen LogP contribution in [0.1, 0.15) is 55.1 Å². The van der Waals surface area contributed by atoms with Gasteiger partial charge in [-0.1, -0.05) is 19.3 Å². The number of ether oxygens (including phenoxy) is 1. The molecule has 0 N–H and O–H groups in total. The normalized spacial score (nSPS) is 15.5. The molecule has 0 amide bonds. The third-order valence-electron chi connectivity index (χ3n) is 5.40. The smallest absolute Gasteiger partial charge is 0.404 e. The van der Waals surface area contributed by atoms with Crippen molar-refractivity contribution in [3.63, 3.8) is 0 Å². The van der Waals surface area contributed by atoms with Gasteiger partial charge in [0.15, 0.2) is 5.75 Å². The van der Waals surface area contributed by atoms with Gasteiger partial charge >= 0.3 is 6.36 Å². The lowest BCUT2D eigenvalue weighted by atomic mass is 9.84. The molecule has 1 aliphatic carbocycles. The molecular formula is C21H21F3N4O2. The number of rotatable bonds is 4. The first kappa shape index (κ1) is 20.3. The number of alkyl halides is 3. The lowest BCUT2D eigenvalue weighted by Crippen LogP contribution is -2.28. The predicted molar refractivity (Wildman–Crippen MR) is 104 cm³/mol. The van der Waals surface area contributed by atoms with E-state index in [4.69, 9.17) is 0 Å². The van der Waals surface area contributed by atoms with Crippen LogP contribution >= 0.6 is 0 Å². The first-order valence-corrected chi connectivity index (χ1v) is 9.88. The van der Waals surface area contributed by atoms with Gasteiger partial charge in [-0.25, -0.2) is 9.97 Å². The predicted octanol–water partition coefficient (Wildman–Crippen LogP) is 4.49. The van der Waals surface area contributed by atoms with E-state index in [1.807, 2.05) is 6.07 Å². The highest BCUT2D eigenvalue weighted by Gasteiger charge is 2.32. The highest BCUT2D eigenvalue weighted by Crippen LogP contribution is 2.32. The van der Waals surface area contributed by atoms with Crippen molar-refractivity contribution < 1.29 is 17.9 Å². The monoisotopic (exact) mass is 418 g/mol. The van der Waals surface area contributed by atoms with E-state index < -0.39 is 12.1 Å². The van der Waals surface area contributed by atoms with Crippen LogP contribution in [0.2, 0.25) is 0 Å². The number of aryl methyl sites for hydroxylation is 1. The molecule has 0 atom stereocenters. The maximum Gasteiger partial charge on any atom is 0.573 e. The molecule has 0 unspecified atom stereocenters. The fourth-order valence-electron chi connectivity index (χ4n) is 4.03. The Morgan fingerprint density at radius 2 is 1.97 bits per heavy atom. The maximum absolute atomic E-state index is 13.4. The van der Waals surface area contributed by atoms with Crippen LogP contribution in [0.4, 0.5) is 13.2 Å². The van der Waals surface area contributed by atoms with Crippen LogP contribution in [0.25, 0.3) is 11.0 Å². The van der Waals surface area contributed by atoms with Crippen LogP contribution in [-0.4, -0.2) is 25.9 Å². The van der Waals surface area contributed by atoms with Crippen molar-refractivity contribution in [2.45, 2.75) is 57.9 Å². The molecule has 0 spiro atoms. The van der Waals surface area contributed by atoms with Gasteiger partial charge in [-0.05, 0) is 43.9 Å². The molecule has 158 valence electrons. The van der Waals surface area contributed by atoms with Crippen LogP contribution in [0.3, 0.4) is 0 Å². The topological polar surface area (TPSA) is 69.9 Å². The lowest BCUT2D eigenvalue weighted by molar-refractivity contribution is -0.275. The van der Waals surface area contributed by atoms with Gasteiger partial charge < -0.3 is 4.74 Å². The van der Waals surface area contributed by atoms with Crippen LogP contribution in [0.15, 0.2) is 35.4 Å². The van der Waals surface area contributed by atoms with Gasteiger partial charge in [0.2, 0.25) is 0 Å². The second-order valence-corrected chi connectivity index (χ2v) is 7.52. The molecule has 1 fully saturated rings. The zero-order valence-corrected chi connectivity index (χ0v) is 16.4. The third kappa shape index (κ3) is 4.29. The molecule has 3 aromatic heterocycles. The average Bonchev–Trinajstić information content (AvgIpc) is 2.71. The maximum atomic E-state index is 13.4. The van der Waals surface area contributed by atoms with Crippen molar-refractivity contribution in [1.29, 1.82) is 0 Å². The van der Waals surface area contributed by atoms with E-state index in [0.717, 1.165) is 32.1 Å². The van der Waals surface area contributed by atoms with Crippen molar-refractivity contribution in [2.75, 3.05) is 0 Å². The summed E-state index contributed by atoms with van der Waals surface area (Å²) in [7, 11) is 0. The van der Waals surface area contributed by atoms with Crippen LogP contribution in [-0.2, 0) is 6.54 Å². The number of nitrogens with zero attached hydrogens (tertiary/aromatic N) is 4. The number of pyridine rings is 2. The summed E-state index contributed by atoms with van der Waals surface area (Å²) in [5, 5.41) is 0.676. The molecule has 1 aliphatic rings. The average molecular weight is 418 g/mol. The van der Waals surface area contributed by atoms with Gasteiger partial charge in [-0.3, -0.25) is 14.3 Å². The van der Waals surface area contributed by atoms with E-state index in [-0.39, 0.29) is 23.7 Å². The standard InChI is InChI=1S/C21H21F3N4O2/c1-13-26-11-15-10-16(14-6-3-2-4-7-14)20(29)28(19(15)27-13)12-17-18(8-5-9-25-17)30-21(22,23)24/h5,8-11,14H,2-4,6-7,12H2,1H3. The first-order valence-electron chi connectivity index (χ1n) is 9.88. The molecule has 30 heavy (non-hydrogen) atoms. The number of hydrogen-bond acceptors (Lipinski definition) is 5. The van der Waals surface area contributed by atoms with Crippen LogP contribution in [0.5, 0.6) is 5.75 Å². The number of hydrogen-bond donors (Lipinski definition) is 0. The van der Waals surface area contributed by atoms with Gasteiger partial charge in [0.05, 0.1) is 6.54 Å². The summed E-state index contributed by atoms with van der Waals surface area (Å²) in [6.45, 7) is 1.51. The van der Waals surface area contributed by atoms with Gasteiger partial charge in [0, 0.05) is 23.3 Å². The van der Waals surface area contributed by atoms with E-state index in [1.165, 1.54) is 22.9 Å². The zero-order chi connectivity index (χ0) is 21.3. The number of halogens is 3. The number of fused-ring (bicyclic) bond motifs is 1.